The van der Waals surface area contributed by atoms with E-state index in [0.717, 1.165) is 10.5 Å². The molecule has 9 heteroatoms. The van der Waals surface area contributed by atoms with E-state index in [0.29, 0.717) is 16.8 Å². The lowest BCUT2D eigenvalue weighted by molar-refractivity contribution is -0.153. The third-order valence-corrected chi connectivity index (χ3v) is 4.23. The Morgan fingerprint density at radius 3 is 2.34 bits per heavy atom. The zero-order valence-corrected chi connectivity index (χ0v) is 15.4. The number of aryl methyl sites for hydroxylation is 1. The van der Waals surface area contributed by atoms with Gasteiger partial charge in [-0.1, -0.05) is 11.6 Å². The molecule has 6 nitrogen and oxygen atoms in total. The van der Waals surface area contributed by atoms with Crippen molar-refractivity contribution in [1.82, 2.24) is 4.90 Å². The van der Waals surface area contributed by atoms with Gasteiger partial charge in [-0.3, -0.25) is 19.3 Å². The number of amides is 3. The summed E-state index contributed by atoms with van der Waals surface area (Å²) in [6.07, 6.45) is -4.55. The van der Waals surface area contributed by atoms with Crippen molar-refractivity contribution in [2.45, 2.75) is 19.5 Å². The maximum atomic E-state index is 12.4. The Morgan fingerprint density at radius 2 is 1.69 bits per heavy atom. The predicted octanol–water partition coefficient (Wildman–Crippen LogP) is 3.56. The highest BCUT2D eigenvalue weighted by atomic mass is 19.4. The zero-order valence-electron chi connectivity index (χ0n) is 15.4. The Bertz CT molecular complexity index is 955. The van der Waals surface area contributed by atoms with E-state index < -0.39 is 30.5 Å². The summed E-state index contributed by atoms with van der Waals surface area (Å²) in [5, 5.41) is 2.56. The number of anilines is 1. The lowest BCUT2D eigenvalue weighted by Crippen LogP contribution is -2.32. The smallest absolute Gasteiger partial charge is 0.422 e. The molecular weight excluding hydrogens is 389 g/mol. The summed E-state index contributed by atoms with van der Waals surface area (Å²) in [7, 11) is 0. The number of fused-ring (bicyclic) bond motifs is 1. The van der Waals surface area contributed by atoms with Gasteiger partial charge in [0.25, 0.3) is 11.8 Å². The number of imide groups is 1. The second-order valence-electron chi connectivity index (χ2n) is 6.54. The lowest BCUT2D eigenvalue weighted by Gasteiger charge is -2.14. The van der Waals surface area contributed by atoms with Crippen LogP contribution in [0.5, 0.6) is 5.75 Å². The molecule has 3 rings (SSSR count). The number of carbonyl (C=O) groups excluding carboxylic acids is 3. The van der Waals surface area contributed by atoms with Gasteiger partial charge < -0.3 is 10.1 Å². The summed E-state index contributed by atoms with van der Waals surface area (Å²) < 4.78 is 41.0. The summed E-state index contributed by atoms with van der Waals surface area (Å²) in [6.45, 7) is 0.329. The average Bonchev–Trinajstić information content (AvgIpc) is 2.89. The van der Waals surface area contributed by atoms with Gasteiger partial charge in [-0.15, -0.1) is 0 Å². The third kappa shape index (κ3) is 4.92. The molecule has 0 radical (unpaired) electrons. The summed E-state index contributed by atoms with van der Waals surface area (Å²) >= 11 is 0. The molecule has 0 bridgehead atoms. The first kappa shape index (κ1) is 20.4. The van der Waals surface area contributed by atoms with Crippen LogP contribution in [0.2, 0.25) is 0 Å². The molecule has 1 aliphatic rings. The Labute approximate surface area is 164 Å². The van der Waals surface area contributed by atoms with Crippen molar-refractivity contribution in [1.29, 1.82) is 0 Å². The number of rotatable bonds is 6. The van der Waals surface area contributed by atoms with Crippen LogP contribution in [-0.4, -0.2) is 41.9 Å². The molecule has 1 N–H and O–H groups in total. The number of hydrogen-bond acceptors (Lipinski definition) is 4. The minimum Gasteiger partial charge on any atom is -0.484 e. The second kappa shape index (κ2) is 7.94. The lowest BCUT2D eigenvalue weighted by atomic mass is 10.1. The second-order valence-corrected chi connectivity index (χ2v) is 6.54. The number of benzene rings is 2. The number of carbonyl (C=O) groups is 3. The molecule has 0 saturated heterocycles. The van der Waals surface area contributed by atoms with E-state index in [9.17, 15) is 27.6 Å². The number of hydrogen-bond donors (Lipinski definition) is 1. The fourth-order valence-electron chi connectivity index (χ4n) is 2.84. The number of halogens is 3. The molecule has 1 heterocycles. The summed E-state index contributed by atoms with van der Waals surface area (Å²) in [5.41, 5.74) is 1.85. The molecule has 0 atom stereocenters. The average molecular weight is 406 g/mol. The largest absolute Gasteiger partial charge is 0.484 e. The highest BCUT2D eigenvalue weighted by molar-refractivity contribution is 6.21. The van der Waals surface area contributed by atoms with E-state index in [1.165, 1.54) is 24.3 Å². The van der Waals surface area contributed by atoms with Crippen LogP contribution >= 0.6 is 0 Å². The first-order chi connectivity index (χ1) is 13.6. The topological polar surface area (TPSA) is 75.7 Å². The van der Waals surface area contributed by atoms with Crippen LogP contribution in [0.1, 0.15) is 32.7 Å². The van der Waals surface area contributed by atoms with Crippen LogP contribution in [0.3, 0.4) is 0 Å². The van der Waals surface area contributed by atoms with Crippen LogP contribution in [0.25, 0.3) is 0 Å². The van der Waals surface area contributed by atoms with Crippen LogP contribution in [0.15, 0.2) is 42.5 Å². The molecule has 3 amide bonds. The van der Waals surface area contributed by atoms with Crippen molar-refractivity contribution in [3.05, 3.63) is 59.2 Å². The number of ether oxygens (including phenoxy) is 1. The molecule has 0 spiro atoms. The maximum Gasteiger partial charge on any atom is 0.422 e. The molecule has 152 valence electrons. The van der Waals surface area contributed by atoms with Gasteiger partial charge in [-0.2, -0.15) is 13.2 Å². The summed E-state index contributed by atoms with van der Waals surface area (Å²) in [6, 6.07) is 10.4. The standard InChI is InChI=1S/C20H17F3N2O4/c1-12-2-7-15-16(10-12)19(28)25(18(15)27)9-8-17(26)24-13-3-5-14(6-4-13)29-11-20(21,22)23/h2-7,10H,8-9,11H2,1H3,(H,24,26). The van der Waals surface area contributed by atoms with Crippen molar-refractivity contribution in [2.24, 2.45) is 0 Å². The minimum absolute atomic E-state index is 0.0154. The van der Waals surface area contributed by atoms with E-state index in [1.807, 2.05) is 6.92 Å². The monoisotopic (exact) mass is 406 g/mol. The van der Waals surface area contributed by atoms with E-state index in [4.69, 9.17) is 0 Å². The van der Waals surface area contributed by atoms with Crippen molar-refractivity contribution in [3.8, 4) is 5.75 Å². The highest BCUT2D eigenvalue weighted by Gasteiger charge is 2.35. The van der Waals surface area contributed by atoms with E-state index in [1.54, 1.807) is 18.2 Å². The summed E-state index contributed by atoms with van der Waals surface area (Å²) in [5.74, 6) is -1.31. The summed E-state index contributed by atoms with van der Waals surface area (Å²) in [4.78, 5) is 37.9. The fourth-order valence-corrected chi connectivity index (χ4v) is 2.84. The fraction of sp³-hybridized carbons (Fsp3) is 0.250. The van der Waals surface area contributed by atoms with E-state index in [2.05, 4.69) is 10.1 Å². The number of alkyl halides is 3. The van der Waals surface area contributed by atoms with Gasteiger partial charge in [0, 0.05) is 18.7 Å². The first-order valence-corrected chi connectivity index (χ1v) is 8.70. The first-order valence-electron chi connectivity index (χ1n) is 8.70. The maximum absolute atomic E-state index is 12.4. The van der Waals surface area contributed by atoms with Gasteiger partial charge in [0.05, 0.1) is 11.1 Å². The van der Waals surface area contributed by atoms with Crippen molar-refractivity contribution in [2.75, 3.05) is 18.5 Å². The van der Waals surface area contributed by atoms with E-state index in [-0.39, 0.29) is 18.7 Å². The Morgan fingerprint density at radius 1 is 1.03 bits per heavy atom. The number of nitrogens with zero attached hydrogens (tertiary/aromatic N) is 1. The molecule has 2 aromatic carbocycles. The normalized spacial score (nSPS) is 13.4. The van der Waals surface area contributed by atoms with Crippen LogP contribution in [-0.2, 0) is 4.79 Å². The van der Waals surface area contributed by atoms with Gasteiger partial charge in [0.2, 0.25) is 5.91 Å². The molecule has 2 aromatic rings. The third-order valence-electron chi connectivity index (χ3n) is 4.23. The Hall–Kier alpha value is -3.36. The molecule has 1 aliphatic heterocycles. The zero-order chi connectivity index (χ0) is 21.2. The van der Waals surface area contributed by atoms with Gasteiger partial charge in [-0.05, 0) is 43.3 Å². The molecule has 0 unspecified atom stereocenters. The van der Waals surface area contributed by atoms with E-state index >= 15 is 0 Å². The molecule has 29 heavy (non-hydrogen) atoms. The van der Waals surface area contributed by atoms with Crippen LogP contribution in [0.4, 0.5) is 18.9 Å². The Kier molecular flexibility index (Phi) is 5.58. The molecule has 0 saturated carbocycles. The Balaban J connectivity index is 1.53. The van der Waals surface area contributed by atoms with Gasteiger partial charge in [0.15, 0.2) is 6.61 Å². The van der Waals surface area contributed by atoms with Crippen molar-refractivity contribution < 1.29 is 32.3 Å². The quantitative estimate of drug-likeness (QED) is 0.745. The van der Waals surface area contributed by atoms with Crippen molar-refractivity contribution in [3.63, 3.8) is 0 Å². The molecule has 0 aliphatic carbocycles. The molecule has 0 fully saturated rings. The SMILES string of the molecule is Cc1ccc2c(c1)C(=O)N(CCC(=O)Nc1ccc(OCC(F)(F)F)cc1)C2=O. The number of nitrogens with one attached hydrogen (secondary N) is 1. The molecule has 0 aromatic heterocycles. The van der Waals surface area contributed by atoms with Gasteiger partial charge >= 0.3 is 6.18 Å². The molecular formula is C20H17F3N2O4. The van der Waals surface area contributed by atoms with Gasteiger partial charge in [-0.25, -0.2) is 0 Å². The van der Waals surface area contributed by atoms with Crippen LogP contribution in [0, 0.1) is 6.92 Å². The van der Waals surface area contributed by atoms with Gasteiger partial charge in [0.1, 0.15) is 5.75 Å². The van der Waals surface area contributed by atoms with Crippen molar-refractivity contribution >= 4 is 23.4 Å². The highest BCUT2D eigenvalue weighted by Crippen LogP contribution is 2.24. The van der Waals surface area contributed by atoms with Crippen LogP contribution < -0.4 is 10.1 Å². The minimum atomic E-state index is -4.43. The predicted molar refractivity (Wildman–Crippen MR) is 97.8 cm³/mol.